The van der Waals surface area contributed by atoms with Crippen molar-refractivity contribution in [1.29, 1.82) is 0 Å². The van der Waals surface area contributed by atoms with Gasteiger partial charge in [-0.1, -0.05) is 30.3 Å². The fourth-order valence-electron chi connectivity index (χ4n) is 2.18. The van der Waals surface area contributed by atoms with Gasteiger partial charge in [-0.25, -0.2) is 0 Å². The van der Waals surface area contributed by atoms with Crippen molar-refractivity contribution in [2.45, 2.75) is 44.9 Å². The normalized spacial score (nSPS) is 15.5. The first kappa shape index (κ1) is 15.5. The van der Waals surface area contributed by atoms with Crippen LogP contribution in [0, 0.1) is 0 Å². The van der Waals surface area contributed by atoms with Crippen molar-refractivity contribution in [3.63, 3.8) is 0 Å². The summed E-state index contributed by atoms with van der Waals surface area (Å²) in [4.78, 5) is 24.7. The van der Waals surface area contributed by atoms with Gasteiger partial charge in [0.2, 0.25) is 0 Å². The van der Waals surface area contributed by atoms with E-state index in [1.165, 1.54) is 0 Å². The first-order chi connectivity index (χ1) is 10.1. The summed E-state index contributed by atoms with van der Waals surface area (Å²) in [5.74, 6) is -0.999. The molecule has 1 aromatic rings. The van der Waals surface area contributed by atoms with E-state index in [9.17, 15) is 9.59 Å². The molecule has 5 nitrogen and oxygen atoms in total. The Labute approximate surface area is 124 Å². The standard InChI is InChI=1S/C16H21NO4/c1-12(21-11-13-5-3-2-4-6-13)16(20)17(14-7-8-14)10-9-15(18)19/h2-6,12,14H,7-11H2,1H3,(H,18,19). The Hall–Kier alpha value is -1.88. The molecule has 0 saturated heterocycles. The Morgan fingerprint density at radius 2 is 2.00 bits per heavy atom. The van der Waals surface area contributed by atoms with E-state index in [0.717, 1.165) is 18.4 Å². The number of carbonyl (C=O) groups is 2. The minimum Gasteiger partial charge on any atom is -0.481 e. The quantitative estimate of drug-likeness (QED) is 0.796. The van der Waals surface area contributed by atoms with Crippen LogP contribution in [0.5, 0.6) is 0 Å². The molecule has 2 rings (SSSR count). The fourth-order valence-corrected chi connectivity index (χ4v) is 2.18. The molecule has 0 spiro atoms. The summed E-state index contributed by atoms with van der Waals surface area (Å²) in [5.41, 5.74) is 1.01. The van der Waals surface area contributed by atoms with E-state index < -0.39 is 12.1 Å². The van der Waals surface area contributed by atoms with E-state index in [1.54, 1.807) is 11.8 Å². The lowest BCUT2D eigenvalue weighted by Gasteiger charge is -2.25. The monoisotopic (exact) mass is 291 g/mol. The molecule has 5 heteroatoms. The second kappa shape index (κ2) is 7.22. The van der Waals surface area contributed by atoms with E-state index in [4.69, 9.17) is 9.84 Å². The molecule has 0 radical (unpaired) electrons. The smallest absolute Gasteiger partial charge is 0.305 e. The van der Waals surface area contributed by atoms with Gasteiger partial charge >= 0.3 is 5.97 Å². The third-order valence-electron chi connectivity index (χ3n) is 3.53. The van der Waals surface area contributed by atoms with Crippen LogP contribution in [0.25, 0.3) is 0 Å². The highest BCUT2D eigenvalue weighted by Gasteiger charge is 2.34. The number of ether oxygens (including phenoxy) is 1. The molecule has 1 aromatic carbocycles. The number of hydrogen-bond donors (Lipinski definition) is 1. The molecule has 21 heavy (non-hydrogen) atoms. The van der Waals surface area contributed by atoms with Gasteiger partial charge in [0.15, 0.2) is 0 Å². The second-order valence-corrected chi connectivity index (χ2v) is 5.35. The summed E-state index contributed by atoms with van der Waals surface area (Å²) in [5, 5.41) is 8.77. The summed E-state index contributed by atoms with van der Waals surface area (Å²) in [6.45, 7) is 2.37. The number of carbonyl (C=O) groups excluding carboxylic acids is 1. The molecule has 114 valence electrons. The molecule has 1 atom stereocenters. The first-order valence-corrected chi connectivity index (χ1v) is 7.25. The number of benzene rings is 1. The molecule has 1 fully saturated rings. The van der Waals surface area contributed by atoms with Crippen LogP contribution in [0.15, 0.2) is 30.3 Å². The Morgan fingerprint density at radius 1 is 1.33 bits per heavy atom. The van der Waals surface area contributed by atoms with E-state index in [0.29, 0.717) is 6.61 Å². The number of amides is 1. The molecular weight excluding hydrogens is 270 g/mol. The summed E-state index contributed by atoms with van der Waals surface area (Å²) in [6, 6.07) is 9.86. The zero-order valence-corrected chi connectivity index (χ0v) is 12.2. The predicted octanol–water partition coefficient (Wildman–Crippen LogP) is 2.06. The van der Waals surface area contributed by atoms with Gasteiger partial charge in [0.05, 0.1) is 13.0 Å². The van der Waals surface area contributed by atoms with Gasteiger partial charge in [0.1, 0.15) is 6.10 Å². The Morgan fingerprint density at radius 3 is 2.57 bits per heavy atom. The summed E-state index contributed by atoms with van der Waals surface area (Å²) < 4.78 is 5.62. The van der Waals surface area contributed by atoms with E-state index in [1.807, 2.05) is 30.3 Å². The molecular formula is C16H21NO4. The van der Waals surface area contributed by atoms with Gasteiger partial charge in [0.25, 0.3) is 5.91 Å². The average molecular weight is 291 g/mol. The average Bonchev–Trinajstić information content (AvgIpc) is 3.30. The van der Waals surface area contributed by atoms with Crippen molar-refractivity contribution in [2.75, 3.05) is 6.54 Å². The number of aliphatic carboxylic acids is 1. The molecule has 0 aromatic heterocycles. The van der Waals surface area contributed by atoms with Gasteiger partial charge in [0, 0.05) is 12.6 Å². The molecule has 1 unspecified atom stereocenters. The maximum absolute atomic E-state index is 12.4. The van der Waals surface area contributed by atoms with Gasteiger partial charge in [-0.2, -0.15) is 0 Å². The molecule has 0 heterocycles. The van der Waals surface area contributed by atoms with Crippen molar-refractivity contribution in [2.24, 2.45) is 0 Å². The molecule has 1 aliphatic rings. The van der Waals surface area contributed by atoms with Crippen LogP contribution in [-0.4, -0.2) is 40.6 Å². The lowest BCUT2D eigenvalue weighted by atomic mass is 10.2. The van der Waals surface area contributed by atoms with Crippen LogP contribution < -0.4 is 0 Å². The Kier molecular flexibility index (Phi) is 5.33. The molecule has 1 amide bonds. The van der Waals surface area contributed by atoms with Gasteiger partial charge in [-0.05, 0) is 25.3 Å². The lowest BCUT2D eigenvalue weighted by Crippen LogP contribution is -2.41. The minimum absolute atomic E-state index is 0.0202. The van der Waals surface area contributed by atoms with Crippen LogP contribution in [0.1, 0.15) is 31.7 Å². The zero-order valence-electron chi connectivity index (χ0n) is 12.2. The third-order valence-corrected chi connectivity index (χ3v) is 3.53. The summed E-state index contributed by atoms with van der Waals surface area (Å²) >= 11 is 0. The van der Waals surface area contributed by atoms with Crippen LogP contribution in [0.4, 0.5) is 0 Å². The van der Waals surface area contributed by atoms with Crippen molar-refractivity contribution >= 4 is 11.9 Å². The Balaban J connectivity index is 1.85. The fraction of sp³-hybridized carbons (Fsp3) is 0.500. The summed E-state index contributed by atoms with van der Waals surface area (Å²) in [7, 11) is 0. The van der Waals surface area contributed by atoms with E-state index in [-0.39, 0.29) is 24.9 Å². The topological polar surface area (TPSA) is 66.8 Å². The molecule has 0 bridgehead atoms. The van der Waals surface area contributed by atoms with E-state index in [2.05, 4.69) is 0 Å². The molecule has 1 aliphatic carbocycles. The number of hydrogen-bond acceptors (Lipinski definition) is 3. The summed E-state index contributed by atoms with van der Waals surface area (Å²) in [6.07, 6.45) is 1.33. The largest absolute Gasteiger partial charge is 0.481 e. The highest BCUT2D eigenvalue weighted by Crippen LogP contribution is 2.28. The first-order valence-electron chi connectivity index (χ1n) is 7.25. The molecule has 1 saturated carbocycles. The number of carboxylic acid groups (broad SMARTS) is 1. The third kappa shape index (κ3) is 4.86. The number of carboxylic acids is 1. The second-order valence-electron chi connectivity index (χ2n) is 5.35. The number of nitrogens with zero attached hydrogens (tertiary/aromatic N) is 1. The maximum Gasteiger partial charge on any atom is 0.305 e. The van der Waals surface area contributed by atoms with Gasteiger partial charge in [-0.15, -0.1) is 0 Å². The van der Waals surface area contributed by atoms with Crippen molar-refractivity contribution in [1.82, 2.24) is 4.90 Å². The predicted molar refractivity (Wildman–Crippen MR) is 77.7 cm³/mol. The van der Waals surface area contributed by atoms with E-state index >= 15 is 0 Å². The minimum atomic E-state index is -0.883. The SMILES string of the molecule is CC(OCc1ccccc1)C(=O)N(CCC(=O)O)C1CC1. The lowest BCUT2D eigenvalue weighted by molar-refractivity contribution is -0.145. The zero-order chi connectivity index (χ0) is 15.2. The molecule has 1 N–H and O–H groups in total. The van der Waals surface area contributed by atoms with Crippen LogP contribution in [0.3, 0.4) is 0 Å². The van der Waals surface area contributed by atoms with Crippen molar-refractivity contribution in [3.05, 3.63) is 35.9 Å². The van der Waals surface area contributed by atoms with Crippen molar-refractivity contribution in [3.8, 4) is 0 Å². The Bertz CT molecular complexity index is 484. The highest BCUT2D eigenvalue weighted by molar-refractivity contribution is 5.81. The van der Waals surface area contributed by atoms with Crippen LogP contribution in [0.2, 0.25) is 0 Å². The molecule has 0 aliphatic heterocycles. The van der Waals surface area contributed by atoms with Gasteiger partial charge in [-0.3, -0.25) is 9.59 Å². The van der Waals surface area contributed by atoms with Crippen LogP contribution >= 0.6 is 0 Å². The number of rotatable bonds is 8. The van der Waals surface area contributed by atoms with Gasteiger partial charge < -0.3 is 14.7 Å². The van der Waals surface area contributed by atoms with Crippen molar-refractivity contribution < 1.29 is 19.4 Å². The maximum atomic E-state index is 12.4. The highest BCUT2D eigenvalue weighted by atomic mass is 16.5. The van der Waals surface area contributed by atoms with Crippen LogP contribution in [-0.2, 0) is 20.9 Å².